The largest absolute Gasteiger partial charge is 0.504 e. The van der Waals surface area contributed by atoms with E-state index in [1.165, 1.54) is 19.2 Å². The lowest BCUT2D eigenvalue weighted by molar-refractivity contribution is -0.138. The van der Waals surface area contributed by atoms with E-state index in [1.54, 1.807) is 31.2 Å². The van der Waals surface area contributed by atoms with Gasteiger partial charge in [0.25, 0.3) is 0 Å². The van der Waals surface area contributed by atoms with Crippen LogP contribution < -0.4 is 9.64 Å². The number of para-hydroxylation sites is 1. The number of benzene rings is 2. The summed E-state index contributed by atoms with van der Waals surface area (Å²) in [5, 5.41) is 11.0. The van der Waals surface area contributed by atoms with Crippen LogP contribution in [0.1, 0.15) is 31.2 Å². The Bertz CT molecular complexity index is 1620. The normalized spacial score (nSPS) is 30.1. The molecule has 42 heavy (non-hydrogen) atoms. The zero-order valence-corrected chi connectivity index (χ0v) is 23.6. The summed E-state index contributed by atoms with van der Waals surface area (Å²) in [6, 6.07) is 8.35. The standard InChI is InChI=1S/C30H26ClFN2O8/c1-30-18(26(37)33(28(30)39)13-7-10-20(32)19(31)11-13)12-17-14(23(30)16-5-4-6-21(41-2)24(16)35)8-9-15-22(17)27(38)34(25(15)36)29(40)42-3/h4-8,10-11,15,17-18,22-23,35H,9,12H2,1-3H3/t15-,17+,18-,22-,23+,30+/m0/s1. The lowest BCUT2D eigenvalue weighted by atomic mass is 9.51. The fourth-order valence-electron chi connectivity index (χ4n) is 7.44. The Morgan fingerprint density at radius 1 is 1.07 bits per heavy atom. The molecule has 1 N–H and O–H groups in total. The molecule has 5 amide bonds. The van der Waals surface area contributed by atoms with Gasteiger partial charge in [0, 0.05) is 11.5 Å². The molecule has 6 atom stereocenters. The first kappa shape index (κ1) is 27.9. The van der Waals surface area contributed by atoms with Crippen molar-refractivity contribution in [2.24, 2.45) is 29.1 Å². The summed E-state index contributed by atoms with van der Waals surface area (Å²) in [6.45, 7) is 1.64. The van der Waals surface area contributed by atoms with Gasteiger partial charge < -0.3 is 14.6 Å². The Balaban J connectivity index is 1.54. The molecule has 218 valence electrons. The average Bonchev–Trinajstić information content (AvgIpc) is 3.34. The lowest BCUT2D eigenvalue weighted by Crippen LogP contribution is -2.49. The second-order valence-electron chi connectivity index (χ2n) is 11.1. The maximum Gasteiger partial charge on any atom is 0.423 e. The number of ether oxygens (including phenoxy) is 2. The summed E-state index contributed by atoms with van der Waals surface area (Å²) in [7, 11) is 2.45. The minimum Gasteiger partial charge on any atom is -0.504 e. The van der Waals surface area contributed by atoms with Crippen molar-refractivity contribution in [1.29, 1.82) is 0 Å². The molecule has 2 aliphatic heterocycles. The van der Waals surface area contributed by atoms with Gasteiger partial charge in [-0.25, -0.2) is 14.1 Å². The Morgan fingerprint density at radius 3 is 2.48 bits per heavy atom. The minimum atomic E-state index is -1.45. The second-order valence-corrected chi connectivity index (χ2v) is 11.5. The number of carbonyl (C=O) groups excluding carboxylic acids is 5. The number of phenolic OH excluding ortho intramolecular Hbond substituents is 1. The Hall–Kier alpha value is -4.25. The summed E-state index contributed by atoms with van der Waals surface area (Å²) < 4.78 is 24.0. The fraction of sp³-hybridized carbons (Fsp3) is 0.367. The van der Waals surface area contributed by atoms with Crippen LogP contribution in [0.4, 0.5) is 14.9 Å². The van der Waals surface area contributed by atoms with E-state index < -0.39 is 70.5 Å². The molecular weight excluding hydrogens is 571 g/mol. The SMILES string of the molecule is COC(=O)N1C(=O)[C@H]2[C@H](CC=C3[C@H]2C[C@H]2C(=O)N(c4ccc(F)c(Cl)c4)C(=O)[C@@]2(C)[C@H]3c2cccc(OC)c2O)C1=O. The van der Waals surface area contributed by atoms with E-state index in [4.69, 9.17) is 16.3 Å². The number of methoxy groups -OCH3 is 2. The van der Waals surface area contributed by atoms with Crippen molar-refractivity contribution in [3.63, 3.8) is 0 Å². The molecule has 12 heteroatoms. The summed E-state index contributed by atoms with van der Waals surface area (Å²) >= 11 is 6.00. The smallest absolute Gasteiger partial charge is 0.423 e. The molecule has 0 unspecified atom stereocenters. The molecule has 3 fully saturated rings. The molecule has 0 bridgehead atoms. The minimum absolute atomic E-state index is 0.0226. The fourth-order valence-corrected chi connectivity index (χ4v) is 7.61. The molecule has 10 nitrogen and oxygen atoms in total. The van der Waals surface area contributed by atoms with Crippen molar-refractivity contribution in [1.82, 2.24) is 4.90 Å². The molecule has 1 saturated carbocycles. The predicted molar refractivity (Wildman–Crippen MR) is 145 cm³/mol. The predicted octanol–water partition coefficient (Wildman–Crippen LogP) is 4.19. The van der Waals surface area contributed by atoms with Crippen molar-refractivity contribution in [2.45, 2.75) is 25.7 Å². The molecule has 2 aromatic carbocycles. The van der Waals surface area contributed by atoms with Crippen molar-refractivity contribution < 1.29 is 42.9 Å². The highest BCUT2D eigenvalue weighted by Gasteiger charge is 2.68. The third-order valence-corrected chi connectivity index (χ3v) is 9.64. The second kappa shape index (κ2) is 9.65. The van der Waals surface area contributed by atoms with Crippen LogP contribution >= 0.6 is 11.6 Å². The van der Waals surface area contributed by atoms with Gasteiger partial charge in [-0.1, -0.05) is 35.4 Å². The molecule has 2 aliphatic carbocycles. The monoisotopic (exact) mass is 596 g/mol. The summed E-state index contributed by atoms with van der Waals surface area (Å²) in [6.07, 6.45) is 0.818. The highest BCUT2D eigenvalue weighted by Crippen LogP contribution is 2.64. The molecule has 2 aromatic rings. The Morgan fingerprint density at radius 2 is 1.81 bits per heavy atom. The number of likely N-dealkylation sites (tertiary alicyclic amines) is 1. The van der Waals surface area contributed by atoms with E-state index in [9.17, 15) is 33.5 Å². The van der Waals surface area contributed by atoms with Crippen molar-refractivity contribution in [3.8, 4) is 11.5 Å². The van der Waals surface area contributed by atoms with Crippen LogP contribution in [0.5, 0.6) is 11.5 Å². The number of allylic oxidation sites excluding steroid dienone is 2. The molecule has 2 heterocycles. The van der Waals surface area contributed by atoms with Crippen LogP contribution in [-0.2, 0) is 23.9 Å². The first-order chi connectivity index (χ1) is 20.0. The van der Waals surface area contributed by atoms with Crippen LogP contribution in [0.2, 0.25) is 5.02 Å². The number of halogens is 2. The summed E-state index contributed by atoms with van der Waals surface area (Å²) in [5.74, 6) is -7.84. The lowest BCUT2D eigenvalue weighted by Gasteiger charge is -2.49. The zero-order valence-electron chi connectivity index (χ0n) is 22.8. The highest BCUT2D eigenvalue weighted by molar-refractivity contribution is 6.31. The van der Waals surface area contributed by atoms with E-state index in [0.29, 0.717) is 16.0 Å². The Labute approximate surface area is 244 Å². The molecule has 4 aliphatic rings. The first-order valence-corrected chi connectivity index (χ1v) is 13.7. The van der Waals surface area contributed by atoms with Crippen molar-refractivity contribution in [2.75, 3.05) is 19.1 Å². The number of rotatable bonds is 3. The molecule has 0 aromatic heterocycles. The number of amides is 5. The average molecular weight is 597 g/mol. The highest BCUT2D eigenvalue weighted by atomic mass is 35.5. The van der Waals surface area contributed by atoms with Crippen LogP contribution in [-0.4, -0.2) is 53.9 Å². The van der Waals surface area contributed by atoms with Gasteiger partial charge in [-0.3, -0.25) is 19.2 Å². The summed E-state index contributed by atoms with van der Waals surface area (Å²) in [5.41, 5.74) is -0.464. The first-order valence-electron chi connectivity index (χ1n) is 13.3. The van der Waals surface area contributed by atoms with E-state index >= 15 is 0 Å². The van der Waals surface area contributed by atoms with Crippen LogP contribution in [0.15, 0.2) is 48.0 Å². The molecule has 0 spiro atoms. The van der Waals surface area contributed by atoms with E-state index in [2.05, 4.69) is 4.74 Å². The quantitative estimate of drug-likeness (QED) is 0.412. The molecule has 2 saturated heterocycles. The number of aromatic hydroxyl groups is 1. The third-order valence-electron chi connectivity index (χ3n) is 9.35. The van der Waals surface area contributed by atoms with Gasteiger partial charge in [-0.05, 0) is 49.9 Å². The maximum atomic E-state index is 14.4. The van der Waals surface area contributed by atoms with Gasteiger partial charge in [0.15, 0.2) is 11.5 Å². The van der Waals surface area contributed by atoms with Gasteiger partial charge in [0.1, 0.15) is 5.82 Å². The number of hydrogen-bond acceptors (Lipinski definition) is 8. The Kier molecular flexibility index (Phi) is 6.41. The number of nitrogens with zero attached hydrogens (tertiary/aromatic N) is 2. The molecular formula is C30H26ClFN2O8. The van der Waals surface area contributed by atoms with Crippen LogP contribution in [0.25, 0.3) is 0 Å². The van der Waals surface area contributed by atoms with Gasteiger partial charge in [0.2, 0.25) is 23.6 Å². The van der Waals surface area contributed by atoms with Gasteiger partial charge in [-0.15, -0.1) is 0 Å². The van der Waals surface area contributed by atoms with E-state index in [1.807, 2.05) is 0 Å². The van der Waals surface area contributed by atoms with Crippen molar-refractivity contribution in [3.05, 3.63) is 64.5 Å². The van der Waals surface area contributed by atoms with Crippen molar-refractivity contribution >= 4 is 47.0 Å². The number of fused-ring (bicyclic) bond motifs is 4. The molecule has 6 rings (SSSR count). The third kappa shape index (κ3) is 3.58. The zero-order chi connectivity index (χ0) is 30.2. The maximum absolute atomic E-state index is 14.4. The molecule has 0 radical (unpaired) electrons. The number of phenols is 1. The number of imide groups is 4. The van der Waals surface area contributed by atoms with Crippen LogP contribution in [0.3, 0.4) is 0 Å². The topological polar surface area (TPSA) is 131 Å². The number of hydrogen-bond donors (Lipinski definition) is 1. The number of anilines is 1. The van der Waals surface area contributed by atoms with E-state index in [-0.39, 0.29) is 35.1 Å². The van der Waals surface area contributed by atoms with Gasteiger partial charge >= 0.3 is 6.09 Å². The van der Waals surface area contributed by atoms with E-state index in [0.717, 1.165) is 18.1 Å². The summed E-state index contributed by atoms with van der Waals surface area (Å²) in [4.78, 5) is 69.0. The van der Waals surface area contributed by atoms with Gasteiger partial charge in [-0.2, -0.15) is 4.90 Å². The van der Waals surface area contributed by atoms with Crippen LogP contribution in [0, 0.1) is 34.9 Å². The number of carbonyl (C=O) groups is 5. The van der Waals surface area contributed by atoms with Gasteiger partial charge in [0.05, 0.1) is 48.1 Å².